The van der Waals surface area contributed by atoms with Crippen LogP contribution in [0.2, 0.25) is 0 Å². The first-order valence-electron chi connectivity index (χ1n) is 7.83. The van der Waals surface area contributed by atoms with E-state index in [2.05, 4.69) is 82.7 Å². The largest absolute Gasteiger partial charge is 0.0610 e. The van der Waals surface area contributed by atoms with Gasteiger partial charge in [0.15, 0.2) is 0 Å². The first kappa shape index (κ1) is 12.1. The van der Waals surface area contributed by atoms with Crippen molar-refractivity contribution >= 4 is 69.8 Å². The Morgan fingerprint density at radius 1 is 0.478 bits per heavy atom. The Balaban J connectivity index is 2.20. The minimum atomic E-state index is 1.18. The molecule has 1 heteroatoms. The molecule has 0 heterocycles. The van der Waals surface area contributed by atoms with Crippen molar-refractivity contribution in [2.75, 3.05) is 0 Å². The molecule has 0 aliphatic carbocycles. The molecule has 6 rings (SSSR count). The van der Waals surface area contributed by atoms with E-state index in [-0.39, 0.29) is 0 Å². The third-order valence-corrected chi connectivity index (χ3v) is 5.86. The summed E-state index contributed by atoms with van der Waals surface area (Å²) < 4.78 is 1.18. The maximum absolute atomic E-state index is 3.78. The molecule has 0 fully saturated rings. The van der Waals surface area contributed by atoms with Crippen LogP contribution in [0, 0.1) is 0 Å². The summed E-state index contributed by atoms with van der Waals surface area (Å²) in [6, 6.07) is 24.6. The van der Waals surface area contributed by atoms with Crippen LogP contribution >= 0.6 is 15.9 Å². The van der Waals surface area contributed by atoms with Gasteiger partial charge in [-0.2, -0.15) is 0 Å². The molecule has 6 aromatic rings. The highest BCUT2D eigenvalue weighted by atomic mass is 79.9. The summed E-state index contributed by atoms with van der Waals surface area (Å²) in [6.45, 7) is 0. The Kier molecular flexibility index (Phi) is 2.06. The maximum Gasteiger partial charge on any atom is 0.0260 e. The summed E-state index contributed by atoms with van der Waals surface area (Å²) in [6.07, 6.45) is 0. The van der Waals surface area contributed by atoms with Crippen molar-refractivity contribution < 1.29 is 0 Å². The zero-order chi connectivity index (χ0) is 15.1. The minimum Gasteiger partial charge on any atom is -0.0610 e. The van der Waals surface area contributed by atoms with Gasteiger partial charge < -0.3 is 0 Å². The minimum absolute atomic E-state index is 1.18. The van der Waals surface area contributed by atoms with E-state index < -0.39 is 0 Å². The van der Waals surface area contributed by atoms with E-state index in [9.17, 15) is 0 Å². The van der Waals surface area contributed by atoms with Crippen LogP contribution in [-0.4, -0.2) is 0 Å². The molecule has 0 aliphatic heterocycles. The van der Waals surface area contributed by atoms with Crippen molar-refractivity contribution in [1.82, 2.24) is 0 Å². The van der Waals surface area contributed by atoms with E-state index in [1.807, 2.05) is 0 Å². The van der Waals surface area contributed by atoms with Crippen molar-refractivity contribution in [1.29, 1.82) is 0 Å². The van der Waals surface area contributed by atoms with Crippen LogP contribution in [0.3, 0.4) is 0 Å². The molecule has 0 amide bonds. The van der Waals surface area contributed by atoms with Crippen molar-refractivity contribution in [2.45, 2.75) is 0 Å². The van der Waals surface area contributed by atoms with E-state index >= 15 is 0 Å². The molecule has 0 spiro atoms. The van der Waals surface area contributed by atoms with Crippen LogP contribution < -0.4 is 0 Å². The zero-order valence-electron chi connectivity index (χ0n) is 12.2. The molecule has 23 heavy (non-hydrogen) atoms. The second-order valence-corrected chi connectivity index (χ2v) is 7.17. The molecule has 0 nitrogen and oxygen atoms in total. The normalized spacial score (nSPS) is 12.6. The molecule has 0 bridgehead atoms. The Morgan fingerprint density at radius 3 is 1.83 bits per heavy atom. The molecule has 6 aromatic carbocycles. The van der Waals surface area contributed by atoms with Crippen LogP contribution in [-0.2, 0) is 0 Å². The quantitative estimate of drug-likeness (QED) is 0.201. The highest BCUT2D eigenvalue weighted by molar-refractivity contribution is 9.10. The van der Waals surface area contributed by atoms with Gasteiger partial charge in [0.05, 0.1) is 0 Å². The van der Waals surface area contributed by atoms with Crippen molar-refractivity contribution in [3.63, 3.8) is 0 Å². The van der Waals surface area contributed by atoms with Crippen molar-refractivity contribution in [2.24, 2.45) is 0 Å². The van der Waals surface area contributed by atoms with Crippen molar-refractivity contribution in [3.8, 4) is 0 Å². The standard InChI is InChI=1S/C22H11Br/c23-18-11-14-8-7-12-3-1-5-15-16-6-2-4-13-9-10-17(18)22(20(13)16)21(14)19(12)15/h1-11H. The van der Waals surface area contributed by atoms with E-state index in [0.29, 0.717) is 0 Å². The predicted octanol–water partition coefficient (Wildman–Crippen LogP) is 7.09. The van der Waals surface area contributed by atoms with Crippen LogP contribution in [0.1, 0.15) is 0 Å². The molecule has 0 atom stereocenters. The Bertz CT molecular complexity index is 1360. The molecule has 0 aliphatic rings. The lowest BCUT2D eigenvalue weighted by molar-refractivity contribution is 1.77. The number of benzene rings is 6. The maximum atomic E-state index is 3.78. The monoisotopic (exact) mass is 354 g/mol. The lowest BCUT2D eigenvalue weighted by Gasteiger charge is -2.18. The molecule has 106 valence electrons. The first-order chi connectivity index (χ1) is 11.3. The Labute approximate surface area is 141 Å². The van der Waals surface area contributed by atoms with E-state index in [1.54, 1.807) is 0 Å². The second-order valence-electron chi connectivity index (χ2n) is 6.32. The highest BCUT2D eigenvalue weighted by Gasteiger charge is 2.17. The summed E-state index contributed by atoms with van der Waals surface area (Å²) in [4.78, 5) is 0. The summed E-state index contributed by atoms with van der Waals surface area (Å²) in [7, 11) is 0. The Hall–Kier alpha value is -2.38. The first-order valence-corrected chi connectivity index (χ1v) is 8.62. The summed E-state index contributed by atoms with van der Waals surface area (Å²) in [5.74, 6) is 0. The molecular weight excluding hydrogens is 344 g/mol. The van der Waals surface area contributed by atoms with Crippen molar-refractivity contribution in [3.05, 3.63) is 71.2 Å². The fourth-order valence-corrected chi connectivity index (χ4v) is 4.86. The molecule has 0 unspecified atom stereocenters. The van der Waals surface area contributed by atoms with E-state index in [0.717, 1.165) is 0 Å². The van der Waals surface area contributed by atoms with Gasteiger partial charge in [0, 0.05) is 4.47 Å². The van der Waals surface area contributed by atoms with E-state index in [1.165, 1.54) is 58.3 Å². The van der Waals surface area contributed by atoms with E-state index in [4.69, 9.17) is 0 Å². The Morgan fingerprint density at radius 2 is 1.09 bits per heavy atom. The third-order valence-electron chi connectivity index (χ3n) is 5.20. The SMILES string of the molecule is Brc1cc2ccc3cccc4c5cccc6ccc1c(c65)c2c34. The number of halogens is 1. The molecule has 0 aromatic heterocycles. The fraction of sp³-hybridized carbons (Fsp3) is 0. The summed E-state index contributed by atoms with van der Waals surface area (Å²) in [5.41, 5.74) is 0. The van der Waals surface area contributed by atoms with Gasteiger partial charge >= 0.3 is 0 Å². The lowest BCUT2D eigenvalue weighted by Crippen LogP contribution is -1.90. The number of rotatable bonds is 0. The average molecular weight is 355 g/mol. The van der Waals surface area contributed by atoms with Gasteiger partial charge in [0.1, 0.15) is 0 Å². The molecule has 0 N–H and O–H groups in total. The third kappa shape index (κ3) is 1.33. The van der Waals surface area contributed by atoms with Gasteiger partial charge in [0.2, 0.25) is 0 Å². The molecule has 0 radical (unpaired) electrons. The second kappa shape index (κ2) is 3.93. The smallest absolute Gasteiger partial charge is 0.0260 e. The average Bonchev–Trinajstić information content (AvgIpc) is 2.60. The molecule has 0 saturated carbocycles. The van der Waals surface area contributed by atoms with Crippen LogP contribution in [0.5, 0.6) is 0 Å². The number of hydrogen-bond acceptors (Lipinski definition) is 0. The van der Waals surface area contributed by atoms with Gasteiger partial charge in [-0.3, -0.25) is 0 Å². The van der Waals surface area contributed by atoms with Gasteiger partial charge in [-0.15, -0.1) is 0 Å². The van der Waals surface area contributed by atoms with Crippen LogP contribution in [0.4, 0.5) is 0 Å². The summed E-state index contributed by atoms with van der Waals surface area (Å²) >= 11 is 3.78. The summed E-state index contributed by atoms with van der Waals surface area (Å²) in [5, 5.41) is 13.6. The van der Waals surface area contributed by atoms with Gasteiger partial charge in [-0.1, -0.05) is 76.6 Å². The van der Waals surface area contributed by atoms with Crippen LogP contribution in [0.15, 0.2) is 71.2 Å². The number of hydrogen-bond donors (Lipinski definition) is 0. The predicted molar refractivity (Wildman–Crippen MR) is 104 cm³/mol. The van der Waals surface area contributed by atoms with Gasteiger partial charge in [-0.05, 0) is 59.9 Å². The highest BCUT2D eigenvalue weighted by Crippen LogP contribution is 2.46. The van der Waals surface area contributed by atoms with Crippen LogP contribution in [0.25, 0.3) is 53.9 Å². The zero-order valence-corrected chi connectivity index (χ0v) is 13.8. The van der Waals surface area contributed by atoms with Gasteiger partial charge in [0.25, 0.3) is 0 Å². The topological polar surface area (TPSA) is 0 Å². The number of fused-ring (bicyclic) bond motifs is 1. The lowest BCUT2D eigenvalue weighted by atomic mass is 9.86. The van der Waals surface area contributed by atoms with Gasteiger partial charge in [-0.25, -0.2) is 0 Å². The molecule has 0 saturated heterocycles. The molecular formula is C22H11Br. The fourth-order valence-electron chi connectivity index (χ4n) is 4.29.